The molecule has 1 saturated carbocycles. The Balaban J connectivity index is -0.000000626. The maximum Gasteiger partial charge on any atom is 0 e. The van der Waals surface area contributed by atoms with Gasteiger partial charge in [-0.25, -0.2) is 0 Å². The molecule has 1 aliphatic carbocycles. The molecule has 1 unspecified atom stereocenters. The first-order valence-corrected chi connectivity index (χ1v) is 7.01. The van der Waals surface area contributed by atoms with Crippen molar-refractivity contribution in [2.75, 3.05) is 13.7 Å². The van der Waals surface area contributed by atoms with Gasteiger partial charge in [0.05, 0.1) is 0 Å². The second kappa shape index (κ2) is 19.2. The van der Waals surface area contributed by atoms with Crippen molar-refractivity contribution in [3.05, 3.63) is 81.2 Å². The summed E-state index contributed by atoms with van der Waals surface area (Å²) in [5.41, 5.74) is 1.52. The van der Waals surface area contributed by atoms with Gasteiger partial charge in [-0.2, -0.15) is 0 Å². The van der Waals surface area contributed by atoms with Gasteiger partial charge in [-0.15, -0.1) is 0 Å². The molecule has 1 aliphatic rings. The molecule has 2 rings (SSSR count). The van der Waals surface area contributed by atoms with E-state index < -0.39 is 0 Å². The molecule has 1 N–H and O–H groups in total. The summed E-state index contributed by atoms with van der Waals surface area (Å²) in [6.45, 7) is 17.7. The number of methoxy groups -OCH3 is 1. The molecule has 25 heavy (non-hydrogen) atoms. The quantitative estimate of drug-likeness (QED) is 0.482. The van der Waals surface area contributed by atoms with Crippen LogP contribution in [0.3, 0.4) is 0 Å². The Labute approximate surface area is 161 Å². The second-order valence-corrected chi connectivity index (χ2v) is 5.09. The third-order valence-corrected chi connectivity index (χ3v) is 3.36. The van der Waals surface area contributed by atoms with Crippen LogP contribution in [0.25, 0.3) is 0 Å². The van der Waals surface area contributed by atoms with Crippen molar-refractivity contribution in [1.82, 2.24) is 5.32 Å². The molecular formula is C19H21FeNO4. The Morgan fingerprint density at radius 2 is 1.64 bits per heavy atom. The fourth-order valence-electron chi connectivity index (χ4n) is 2.12. The summed E-state index contributed by atoms with van der Waals surface area (Å²) >= 11 is 0. The Morgan fingerprint density at radius 3 is 2.08 bits per heavy atom. The van der Waals surface area contributed by atoms with Crippen molar-refractivity contribution in [2.24, 2.45) is 5.41 Å². The van der Waals surface area contributed by atoms with Gasteiger partial charge in [-0.1, -0.05) is 37.3 Å². The zero-order valence-corrected chi connectivity index (χ0v) is 15.3. The fraction of sp³-hybridized carbons (Fsp3) is 0.316. The standard InChI is InChI=1S/C16H21NO.3CO.Fe/c1-16(10-8-15(18-2)9-11-16)13-17-12-14-6-4-3-5-7-14;3*1-2;/h3-10,17H,11-13H2,1-2H3;;;;. The van der Waals surface area contributed by atoms with Crippen molar-refractivity contribution in [1.29, 1.82) is 0 Å². The Morgan fingerprint density at radius 1 is 1.08 bits per heavy atom. The summed E-state index contributed by atoms with van der Waals surface area (Å²) in [4.78, 5) is 0. The first kappa shape index (κ1) is 28.7. The number of nitrogens with one attached hydrogen (secondary N) is 1. The summed E-state index contributed by atoms with van der Waals surface area (Å²) < 4.78 is 27.7. The molecule has 0 aromatic heterocycles. The van der Waals surface area contributed by atoms with Gasteiger partial charge in [0.2, 0.25) is 0 Å². The third kappa shape index (κ3) is 12.8. The zero-order valence-electron chi connectivity index (χ0n) is 14.2. The molecule has 0 aliphatic heterocycles. The molecule has 0 amide bonds. The third-order valence-electron chi connectivity index (χ3n) is 3.36. The maximum absolute atomic E-state index is 7.50. The Kier molecular flexibility index (Phi) is 22.0. The van der Waals surface area contributed by atoms with E-state index in [9.17, 15) is 0 Å². The maximum atomic E-state index is 7.50. The van der Waals surface area contributed by atoms with Gasteiger partial charge in [-0.05, 0) is 30.2 Å². The van der Waals surface area contributed by atoms with Crippen LogP contribution in [-0.4, -0.2) is 13.7 Å². The van der Waals surface area contributed by atoms with E-state index in [4.69, 9.17) is 18.7 Å². The smallest absolute Gasteiger partial charge is 0 e. The molecular weight excluding hydrogens is 362 g/mol. The van der Waals surface area contributed by atoms with Crippen LogP contribution >= 0.6 is 0 Å². The van der Waals surface area contributed by atoms with Crippen molar-refractivity contribution in [2.45, 2.75) is 19.9 Å². The molecule has 1 atom stereocenters. The van der Waals surface area contributed by atoms with E-state index in [-0.39, 0.29) is 22.5 Å². The topological polar surface area (TPSA) is 81.0 Å². The van der Waals surface area contributed by atoms with E-state index in [2.05, 4.69) is 75.7 Å². The number of hydrogen-bond acceptors (Lipinski definition) is 2. The van der Waals surface area contributed by atoms with E-state index in [0.717, 1.165) is 25.6 Å². The monoisotopic (exact) mass is 383 g/mol. The van der Waals surface area contributed by atoms with Crippen molar-refractivity contribution in [3.63, 3.8) is 0 Å². The van der Waals surface area contributed by atoms with Gasteiger partial charge in [0.25, 0.3) is 0 Å². The minimum Gasteiger partial charge on any atom is 0 e. The van der Waals surface area contributed by atoms with Gasteiger partial charge in [0.15, 0.2) is 0 Å². The summed E-state index contributed by atoms with van der Waals surface area (Å²) in [7, 11) is 1.71. The molecule has 4 radical (unpaired) electrons. The fourth-order valence-corrected chi connectivity index (χ4v) is 2.12. The van der Waals surface area contributed by atoms with Crippen LogP contribution < -0.4 is 5.32 Å². The SMILES string of the molecule is CO[C]1[CH][CH]C(C)(CNCc2ccccc2)C[CH]1.[C-]#[O+].[C-]#[O+].[C-]#[O+].[Fe]. The van der Waals surface area contributed by atoms with Crippen LogP contribution in [0.15, 0.2) is 30.3 Å². The van der Waals surface area contributed by atoms with Gasteiger partial charge >= 0.3 is 33.9 Å². The van der Waals surface area contributed by atoms with Crippen LogP contribution in [0.1, 0.15) is 18.9 Å². The number of benzene rings is 1. The number of ether oxygens (including phenoxy) is 1. The molecule has 1 aromatic carbocycles. The predicted octanol–water partition coefficient (Wildman–Crippen LogP) is 2.86. The average molecular weight is 383 g/mol. The molecule has 5 nitrogen and oxygen atoms in total. The first-order valence-electron chi connectivity index (χ1n) is 7.01. The minimum atomic E-state index is 0. The van der Waals surface area contributed by atoms with Gasteiger partial charge in [0.1, 0.15) is 6.10 Å². The molecule has 1 aromatic rings. The predicted molar refractivity (Wildman–Crippen MR) is 85.8 cm³/mol. The summed E-state index contributed by atoms with van der Waals surface area (Å²) in [6, 6.07) is 10.5. The normalized spacial score (nSPS) is 14.6. The molecule has 134 valence electrons. The molecule has 0 bridgehead atoms. The van der Waals surface area contributed by atoms with Gasteiger partial charge < -0.3 is 10.1 Å². The first-order chi connectivity index (χ1) is 11.7. The summed E-state index contributed by atoms with van der Waals surface area (Å²) in [5.74, 6) is 0. The van der Waals surface area contributed by atoms with Crippen LogP contribution in [0.2, 0.25) is 0 Å². The average Bonchev–Trinajstić information content (AvgIpc) is 2.68. The summed E-state index contributed by atoms with van der Waals surface area (Å²) in [5, 5.41) is 3.52. The largest absolute Gasteiger partial charge is 0 e. The summed E-state index contributed by atoms with van der Waals surface area (Å²) in [6.07, 6.45) is 8.45. The second-order valence-electron chi connectivity index (χ2n) is 5.09. The Hall–Kier alpha value is -1.12. The molecule has 6 heteroatoms. The van der Waals surface area contributed by atoms with Crippen LogP contribution in [0.4, 0.5) is 0 Å². The van der Waals surface area contributed by atoms with E-state index in [0.29, 0.717) is 0 Å². The number of hydrogen-bond donors (Lipinski definition) is 1. The van der Waals surface area contributed by atoms with Crippen LogP contribution in [0, 0.1) is 50.7 Å². The van der Waals surface area contributed by atoms with E-state index >= 15 is 0 Å². The van der Waals surface area contributed by atoms with Crippen molar-refractivity contribution < 1.29 is 35.8 Å². The van der Waals surface area contributed by atoms with E-state index in [1.165, 1.54) is 5.56 Å². The number of rotatable bonds is 5. The Bertz CT molecular complexity index is 451. The van der Waals surface area contributed by atoms with Crippen LogP contribution in [0.5, 0.6) is 0 Å². The van der Waals surface area contributed by atoms with E-state index in [1.807, 2.05) is 6.07 Å². The molecule has 0 heterocycles. The van der Waals surface area contributed by atoms with Crippen molar-refractivity contribution in [3.8, 4) is 0 Å². The van der Waals surface area contributed by atoms with Gasteiger partial charge in [-0.3, -0.25) is 0 Å². The molecule has 0 spiro atoms. The zero-order chi connectivity index (χ0) is 18.8. The van der Waals surface area contributed by atoms with Crippen LogP contribution in [-0.2, 0) is 42.3 Å². The van der Waals surface area contributed by atoms with Crippen molar-refractivity contribution >= 4 is 0 Å². The van der Waals surface area contributed by atoms with E-state index in [1.54, 1.807) is 7.11 Å². The molecule has 0 saturated heterocycles. The molecule has 1 fully saturated rings. The van der Waals surface area contributed by atoms with Gasteiger partial charge in [0, 0.05) is 43.7 Å². The minimum absolute atomic E-state index is 0.